The van der Waals surface area contributed by atoms with Crippen LogP contribution in [0.5, 0.6) is 5.75 Å². The topological polar surface area (TPSA) is 59.6 Å². The normalized spacial score (nSPS) is 11.5. The molecular weight excluding hydrogens is 413 g/mol. The van der Waals surface area contributed by atoms with Crippen molar-refractivity contribution in [3.05, 3.63) is 60.2 Å². The summed E-state index contributed by atoms with van der Waals surface area (Å²) in [7, 11) is 1.64. The predicted octanol–water partition coefficient (Wildman–Crippen LogP) is 4.31. The summed E-state index contributed by atoms with van der Waals surface area (Å²) in [5.74, 6) is 1.14. The van der Waals surface area contributed by atoms with Gasteiger partial charge in [-0.15, -0.1) is 24.0 Å². The highest BCUT2D eigenvalue weighted by molar-refractivity contribution is 14.0. The van der Waals surface area contributed by atoms with Gasteiger partial charge in [-0.3, -0.25) is 4.99 Å². The van der Waals surface area contributed by atoms with Gasteiger partial charge in [0, 0.05) is 6.54 Å². The number of guanidine groups is 1. The summed E-state index contributed by atoms with van der Waals surface area (Å²) in [6.45, 7) is 5.04. The van der Waals surface area contributed by atoms with E-state index in [9.17, 15) is 0 Å². The van der Waals surface area contributed by atoms with Crippen molar-refractivity contribution in [3.63, 3.8) is 0 Å². The molecule has 0 aliphatic heterocycles. The van der Waals surface area contributed by atoms with E-state index in [4.69, 9.17) is 10.5 Å². The zero-order valence-electron chi connectivity index (χ0n) is 14.5. The summed E-state index contributed by atoms with van der Waals surface area (Å²) < 4.78 is 5.30. The van der Waals surface area contributed by atoms with Crippen LogP contribution in [0, 0.1) is 5.41 Å². The van der Waals surface area contributed by atoms with Crippen LogP contribution < -0.4 is 15.8 Å². The minimum absolute atomic E-state index is 0. The number of ether oxygens (including phenoxy) is 1. The van der Waals surface area contributed by atoms with Crippen molar-refractivity contribution in [2.45, 2.75) is 20.3 Å². The largest absolute Gasteiger partial charge is 0.495 e. The number of hydrogen-bond donors (Lipinski definition) is 2. The average molecular weight is 439 g/mol. The number of aliphatic imine (C=N–C) groups is 1. The molecule has 0 heterocycles. The van der Waals surface area contributed by atoms with E-state index < -0.39 is 0 Å². The van der Waals surface area contributed by atoms with Crippen LogP contribution in [0.1, 0.15) is 19.4 Å². The Hall–Kier alpha value is -1.76. The van der Waals surface area contributed by atoms with Gasteiger partial charge in [-0.25, -0.2) is 0 Å². The van der Waals surface area contributed by atoms with Gasteiger partial charge in [-0.05, 0) is 29.5 Å². The van der Waals surface area contributed by atoms with E-state index in [1.165, 1.54) is 5.56 Å². The van der Waals surface area contributed by atoms with Crippen LogP contribution in [-0.2, 0) is 6.42 Å². The molecule has 0 aromatic heterocycles. The van der Waals surface area contributed by atoms with Crippen molar-refractivity contribution in [1.82, 2.24) is 0 Å². The minimum atomic E-state index is 0. The van der Waals surface area contributed by atoms with Crippen molar-refractivity contribution >= 4 is 35.6 Å². The molecule has 0 spiro atoms. The van der Waals surface area contributed by atoms with Crippen LogP contribution >= 0.6 is 24.0 Å². The molecule has 0 saturated heterocycles. The number of rotatable bonds is 6. The van der Waals surface area contributed by atoms with E-state index >= 15 is 0 Å². The van der Waals surface area contributed by atoms with Gasteiger partial charge in [0.25, 0.3) is 0 Å². The molecule has 0 unspecified atom stereocenters. The van der Waals surface area contributed by atoms with E-state index in [0.29, 0.717) is 12.5 Å². The second-order valence-electron chi connectivity index (χ2n) is 6.35. The number of nitrogens with one attached hydrogen (secondary N) is 1. The number of halogens is 1. The third kappa shape index (κ3) is 6.39. The highest BCUT2D eigenvalue weighted by Crippen LogP contribution is 2.24. The summed E-state index contributed by atoms with van der Waals surface area (Å²) >= 11 is 0. The van der Waals surface area contributed by atoms with Gasteiger partial charge < -0.3 is 15.8 Å². The Morgan fingerprint density at radius 3 is 2.38 bits per heavy atom. The van der Waals surface area contributed by atoms with E-state index in [0.717, 1.165) is 17.9 Å². The second kappa shape index (κ2) is 9.52. The molecule has 0 fully saturated rings. The zero-order chi connectivity index (χ0) is 16.7. The van der Waals surface area contributed by atoms with Gasteiger partial charge in [0.1, 0.15) is 5.75 Å². The lowest BCUT2D eigenvalue weighted by atomic mass is 9.86. The van der Waals surface area contributed by atoms with Crippen LogP contribution in [0.2, 0.25) is 0 Å². The van der Waals surface area contributed by atoms with E-state index in [-0.39, 0.29) is 29.4 Å². The van der Waals surface area contributed by atoms with Gasteiger partial charge in [0.05, 0.1) is 12.8 Å². The quantitative estimate of drug-likeness (QED) is 0.401. The first kappa shape index (κ1) is 20.3. The first-order chi connectivity index (χ1) is 11.0. The Kier molecular flexibility index (Phi) is 8.04. The standard InChI is InChI=1S/C19H25N3O.HI/c1-19(2,13-15-9-5-4-6-10-15)14-21-18(20)22-16-11-7-8-12-17(16)23-3;/h4-12H,13-14H2,1-3H3,(H3,20,21,22);1H. The molecule has 2 aromatic carbocycles. The van der Waals surface area contributed by atoms with E-state index in [1.807, 2.05) is 30.3 Å². The van der Waals surface area contributed by atoms with Gasteiger partial charge in [-0.2, -0.15) is 0 Å². The highest BCUT2D eigenvalue weighted by Gasteiger charge is 2.18. The van der Waals surface area contributed by atoms with E-state index in [1.54, 1.807) is 7.11 Å². The fourth-order valence-electron chi connectivity index (χ4n) is 2.43. The third-order valence-corrected chi connectivity index (χ3v) is 3.57. The van der Waals surface area contributed by atoms with Crippen molar-refractivity contribution in [1.29, 1.82) is 0 Å². The third-order valence-electron chi connectivity index (χ3n) is 3.57. The molecule has 0 aliphatic carbocycles. The lowest BCUT2D eigenvalue weighted by Crippen LogP contribution is -2.27. The maximum Gasteiger partial charge on any atom is 0.193 e. The monoisotopic (exact) mass is 439 g/mol. The molecule has 0 aliphatic rings. The van der Waals surface area contributed by atoms with Gasteiger partial charge in [0.15, 0.2) is 5.96 Å². The van der Waals surface area contributed by atoms with Crippen LogP contribution in [0.15, 0.2) is 59.6 Å². The number of para-hydroxylation sites is 2. The molecule has 5 heteroatoms. The number of anilines is 1. The molecule has 130 valence electrons. The molecule has 2 aromatic rings. The zero-order valence-corrected chi connectivity index (χ0v) is 16.8. The van der Waals surface area contributed by atoms with Crippen molar-refractivity contribution in [2.75, 3.05) is 19.0 Å². The number of nitrogens with two attached hydrogens (primary N) is 1. The summed E-state index contributed by atoms with van der Waals surface area (Å²) in [5, 5.41) is 3.10. The van der Waals surface area contributed by atoms with Crippen molar-refractivity contribution in [3.8, 4) is 5.75 Å². The maximum absolute atomic E-state index is 6.01. The maximum atomic E-state index is 6.01. The smallest absolute Gasteiger partial charge is 0.193 e. The lowest BCUT2D eigenvalue weighted by Gasteiger charge is -2.22. The number of hydrogen-bond acceptors (Lipinski definition) is 2. The molecular formula is C19H26IN3O. The first-order valence-electron chi connectivity index (χ1n) is 7.74. The van der Waals surface area contributed by atoms with E-state index in [2.05, 4.69) is 48.4 Å². The molecule has 24 heavy (non-hydrogen) atoms. The molecule has 2 rings (SSSR count). The predicted molar refractivity (Wildman–Crippen MR) is 112 cm³/mol. The van der Waals surface area contributed by atoms with Crippen LogP contribution in [0.4, 0.5) is 5.69 Å². The number of benzene rings is 2. The molecule has 0 atom stereocenters. The summed E-state index contributed by atoms with van der Waals surface area (Å²) in [4.78, 5) is 4.49. The molecule has 0 saturated carbocycles. The molecule has 3 N–H and O–H groups in total. The molecule has 0 radical (unpaired) electrons. The van der Waals surface area contributed by atoms with Gasteiger partial charge in [-0.1, -0.05) is 56.3 Å². The first-order valence-corrected chi connectivity index (χ1v) is 7.74. The summed E-state index contributed by atoms with van der Waals surface area (Å²) in [6.07, 6.45) is 0.958. The Morgan fingerprint density at radius 1 is 1.08 bits per heavy atom. The Morgan fingerprint density at radius 2 is 1.71 bits per heavy atom. The second-order valence-corrected chi connectivity index (χ2v) is 6.35. The SMILES string of the molecule is COc1ccccc1NC(N)=NCC(C)(C)Cc1ccccc1.I. The summed E-state index contributed by atoms with van der Waals surface area (Å²) in [6, 6.07) is 18.1. The average Bonchev–Trinajstić information content (AvgIpc) is 2.54. The molecule has 0 amide bonds. The fourth-order valence-corrected chi connectivity index (χ4v) is 2.43. The highest BCUT2D eigenvalue weighted by atomic mass is 127. The Bertz CT molecular complexity index is 657. The van der Waals surface area contributed by atoms with Gasteiger partial charge in [0.2, 0.25) is 0 Å². The van der Waals surface area contributed by atoms with Crippen LogP contribution in [-0.4, -0.2) is 19.6 Å². The number of nitrogens with zero attached hydrogens (tertiary/aromatic N) is 1. The molecule has 0 bridgehead atoms. The summed E-state index contributed by atoms with van der Waals surface area (Å²) in [5.41, 5.74) is 8.18. The fraction of sp³-hybridized carbons (Fsp3) is 0.316. The van der Waals surface area contributed by atoms with Crippen LogP contribution in [0.3, 0.4) is 0 Å². The van der Waals surface area contributed by atoms with Crippen molar-refractivity contribution in [2.24, 2.45) is 16.1 Å². The number of methoxy groups -OCH3 is 1. The lowest BCUT2D eigenvalue weighted by molar-refractivity contribution is 0.378. The Balaban J connectivity index is 0.00000288. The van der Waals surface area contributed by atoms with Gasteiger partial charge >= 0.3 is 0 Å². The molecule has 4 nitrogen and oxygen atoms in total. The van der Waals surface area contributed by atoms with Crippen LogP contribution in [0.25, 0.3) is 0 Å². The Labute approximate surface area is 161 Å². The van der Waals surface area contributed by atoms with Crippen molar-refractivity contribution < 1.29 is 4.74 Å². The minimum Gasteiger partial charge on any atom is -0.495 e.